The lowest BCUT2D eigenvalue weighted by atomic mass is 9.94. The predicted molar refractivity (Wildman–Crippen MR) is 90.0 cm³/mol. The van der Waals surface area contributed by atoms with Gasteiger partial charge in [0.1, 0.15) is 0 Å². The summed E-state index contributed by atoms with van der Waals surface area (Å²) in [6.07, 6.45) is 1.26. The molecule has 0 aliphatic carbocycles. The lowest BCUT2D eigenvalue weighted by Crippen LogP contribution is -2.48. The summed E-state index contributed by atoms with van der Waals surface area (Å²) in [5.41, 5.74) is 0.800. The molecular weight excluding hydrogens is 292 g/mol. The standard InChI is InChI=1S/C18H28N2O3/c1-12(17(23-3)15-10-7-11-19-15)18(22)20-13(2)16(21)14-8-5-4-6-9-14/h4-6,8-9,12-13,15-17,19,21H,7,10-11H2,1-3H3,(H,20,22)/t12-,13?,15+,16-,17-/m1/s1. The van der Waals surface area contributed by atoms with Crippen LogP contribution >= 0.6 is 0 Å². The Morgan fingerprint density at radius 3 is 2.61 bits per heavy atom. The summed E-state index contributed by atoms with van der Waals surface area (Å²) >= 11 is 0. The van der Waals surface area contributed by atoms with Crippen molar-refractivity contribution in [2.45, 2.75) is 51.0 Å². The molecule has 1 heterocycles. The molecule has 1 aliphatic rings. The molecule has 5 nitrogen and oxygen atoms in total. The highest BCUT2D eigenvalue weighted by molar-refractivity contribution is 5.79. The van der Waals surface area contributed by atoms with E-state index in [9.17, 15) is 9.90 Å². The number of nitrogens with one attached hydrogen (secondary N) is 2. The van der Waals surface area contributed by atoms with Crippen LogP contribution in [-0.2, 0) is 9.53 Å². The number of carbonyl (C=O) groups is 1. The molecule has 1 unspecified atom stereocenters. The highest BCUT2D eigenvalue weighted by Gasteiger charge is 2.33. The molecule has 1 aromatic carbocycles. The lowest BCUT2D eigenvalue weighted by Gasteiger charge is -2.29. The Hall–Kier alpha value is -1.43. The Morgan fingerprint density at radius 2 is 2.04 bits per heavy atom. The number of aliphatic hydroxyl groups excluding tert-OH is 1. The van der Waals surface area contributed by atoms with Crippen molar-refractivity contribution in [1.29, 1.82) is 0 Å². The van der Waals surface area contributed by atoms with Gasteiger partial charge in [-0.15, -0.1) is 0 Å². The van der Waals surface area contributed by atoms with Crippen LogP contribution in [-0.4, -0.2) is 42.9 Å². The molecule has 5 heteroatoms. The van der Waals surface area contributed by atoms with Gasteiger partial charge in [-0.1, -0.05) is 37.3 Å². The second-order valence-corrected chi connectivity index (χ2v) is 6.34. The van der Waals surface area contributed by atoms with Crippen LogP contribution in [0.25, 0.3) is 0 Å². The van der Waals surface area contributed by atoms with Crippen LogP contribution in [0.15, 0.2) is 30.3 Å². The highest BCUT2D eigenvalue weighted by Crippen LogP contribution is 2.20. The van der Waals surface area contributed by atoms with Gasteiger partial charge in [0, 0.05) is 13.2 Å². The number of hydrogen-bond acceptors (Lipinski definition) is 4. The van der Waals surface area contributed by atoms with Gasteiger partial charge in [0.2, 0.25) is 5.91 Å². The molecule has 2 rings (SSSR count). The van der Waals surface area contributed by atoms with Crippen molar-refractivity contribution in [3.05, 3.63) is 35.9 Å². The van der Waals surface area contributed by atoms with E-state index in [0.717, 1.165) is 24.9 Å². The van der Waals surface area contributed by atoms with Crippen molar-refractivity contribution in [3.63, 3.8) is 0 Å². The first-order chi connectivity index (χ1) is 11.0. The van der Waals surface area contributed by atoms with Crippen LogP contribution in [0, 0.1) is 5.92 Å². The molecule has 1 aromatic rings. The van der Waals surface area contributed by atoms with E-state index in [0.29, 0.717) is 0 Å². The smallest absolute Gasteiger partial charge is 0.225 e. The Labute approximate surface area is 138 Å². The summed E-state index contributed by atoms with van der Waals surface area (Å²) in [5.74, 6) is -0.367. The van der Waals surface area contributed by atoms with E-state index in [-0.39, 0.29) is 30.0 Å². The van der Waals surface area contributed by atoms with Gasteiger partial charge in [-0.2, -0.15) is 0 Å². The van der Waals surface area contributed by atoms with Crippen molar-refractivity contribution >= 4 is 5.91 Å². The first-order valence-electron chi connectivity index (χ1n) is 8.34. The van der Waals surface area contributed by atoms with Crippen molar-refractivity contribution in [1.82, 2.24) is 10.6 Å². The van der Waals surface area contributed by atoms with Crippen LogP contribution in [0.1, 0.15) is 38.4 Å². The highest BCUT2D eigenvalue weighted by atomic mass is 16.5. The maximum atomic E-state index is 12.5. The largest absolute Gasteiger partial charge is 0.386 e. The number of carbonyl (C=O) groups excluding carboxylic acids is 1. The molecule has 0 saturated carbocycles. The van der Waals surface area contributed by atoms with Gasteiger partial charge >= 0.3 is 0 Å². The normalized spacial score (nSPS) is 23.0. The second-order valence-electron chi connectivity index (χ2n) is 6.34. The maximum Gasteiger partial charge on any atom is 0.225 e. The van der Waals surface area contributed by atoms with E-state index in [4.69, 9.17) is 4.74 Å². The molecule has 0 spiro atoms. The number of amides is 1. The Balaban J connectivity index is 1.94. The molecule has 0 bridgehead atoms. The summed E-state index contributed by atoms with van der Waals surface area (Å²) in [6, 6.07) is 9.23. The summed E-state index contributed by atoms with van der Waals surface area (Å²) in [4.78, 5) is 12.5. The number of ether oxygens (including phenoxy) is 1. The van der Waals surface area contributed by atoms with Gasteiger partial charge in [0.25, 0.3) is 0 Å². The van der Waals surface area contributed by atoms with Crippen LogP contribution in [0.5, 0.6) is 0 Å². The van der Waals surface area contributed by atoms with Crippen molar-refractivity contribution in [2.24, 2.45) is 5.92 Å². The summed E-state index contributed by atoms with van der Waals surface area (Å²) in [6.45, 7) is 4.67. The maximum absolute atomic E-state index is 12.5. The fraction of sp³-hybridized carbons (Fsp3) is 0.611. The van der Waals surface area contributed by atoms with E-state index < -0.39 is 6.10 Å². The Bertz CT molecular complexity index is 488. The summed E-state index contributed by atoms with van der Waals surface area (Å²) < 4.78 is 5.56. The molecule has 128 valence electrons. The molecule has 5 atom stereocenters. The van der Waals surface area contributed by atoms with Gasteiger partial charge in [0.15, 0.2) is 0 Å². The molecule has 1 amide bonds. The van der Waals surface area contributed by atoms with Gasteiger partial charge in [-0.05, 0) is 31.9 Å². The molecule has 1 aliphatic heterocycles. The van der Waals surface area contributed by atoms with Crippen LogP contribution in [0.2, 0.25) is 0 Å². The van der Waals surface area contributed by atoms with E-state index >= 15 is 0 Å². The van der Waals surface area contributed by atoms with Gasteiger partial charge in [-0.25, -0.2) is 0 Å². The minimum atomic E-state index is -0.724. The first kappa shape index (κ1) is 17.9. The Morgan fingerprint density at radius 1 is 1.35 bits per heavy atom. The van der Waals surface area contributed by atoms with E-state index in [1.807, 2.05) is 44.2 Å². The molecule has 0 radical (unpaired) electrons. The number of aliphatic hydroxyl groups is 1. The van der Waals surface area contributed by atoms with Crippen molar-refractivity contribution < 1.29 is 14.6 Å². The zero-order valence-corrected chi connectivity index (χ0v) is 14.2. The first-order valence-corrected chi connectivity index (χ1v) is 8.34. The van der Waals surface area contributed by atoms with Crippen LogP contribution in [0.4, 0.5) is 0 Å². The van der Waals surface area contributed by atoms with E-state index in [1.165, 1.54) is 0 Å². The number of hydrogen-bond donors (Lipinski definition) is 3. The third-order valence-corrected chi connectivity index (χ3v) is 4.66. The van der Waals surface area contributed by atoms with E-state index in [2.05, 4.69) is 10.6 Å². The topological polar surface area (TPSA) is 70.6 Å². The van der Waals surface area contributed by atoms with Crippen LogP contribution in [0.3, 0.4) is 0 Å². The molecular formula is C18H28N2O3. The quantitative estimate of drug-likeness (QED) is 0.714. The molecule has 0 aromatic heterocycles. The second kappa shape index (κ2) is 8.43. The van der Waals surface area contributed by atoms with Crippen molar-refractivity contribution in [2.75, 3.05) is 13.7 Å². The third-order valence-electron chi connectivity index (χ3n) is 4.66. The van der Waals surface area contributed by atoms with Gasteiger partial charge < -0.3 is 20.5 Å². The van der Waals surface area contributed by atoms with Crippen LogP contribution < -0.4 is 10.6 Å². The van der Waals surface area contributed by atoms with E-state index in [1.54, 1.807) is 7.11 Å². The Kier molecular flexibility index (Phi) is 6.57. The number of methoxy groups -OCH3 is 1. The fourth-order valence-electron chi connectivity index (χ4n) is 3.23. The summed E-state index contributed by atoms with van der Waals surface area (Å²) in [5, 5.41) is 16.7. The monoisotopic (exact) mass is 320 g/mol. The molecule has 1 fully saturated rings. The third kappa shape index (κ3) is 4.53. The lowest BCUT2D eigenvalue weighted by molar-refractivity contribution is -0.131. The zero-order valence-electron chi connectivity index (χ0n) is 14.2. The minimum Gasteiger partial charge on any atom is -0.386 e. The van der Waals surface area contributed by atoms with Gasteiger partial charge in [0.05, 0.1) is 24.2 Å². The predicted octanol–water partition coefficient (Wildman–Crippen LogP) is 1.63. The number of rotatable bonds is 7. The van der Waals surface area contributed by atoms with Gasteiger partial charge in [-0.3, -0.25) is 4.79 Å². The fourth-order valence-corrected chi connectivity index (χ4v) is 3.23. The average molecular weight is 320 g/mol. The summed E-state index contributed by atoms with van der Waals surface area (Å²) in [7, 11) is 1.65. The number of benzene rings is 1. The molecule has 1 saturated heterocycles. The average Bonchev–Trinajstić information content (AvgIpc) is 3.09. The molecule has 23 heavy (non-hydrogen) atoms. The molecule has 3 N–H and O–H groups in total. The van der Waals surface area contributed by atoms with Crippen molar-refractivity contribution in [3.8, 4) is 0 Å². The SMILES string of the molecule is CO[C@@H]([C@@H]1CCCN1)[C@@H](C)C(=O)NC(C)[C@@H](O)c1ccccc1. The zero-order chi connectivity index (χ0) is 16.8. The minimum absolute atomic E-state index is 0.0898.